The maximum atomic E-state index is 12.2. The molecule has 0 unspecified atom stereocenters. The number of hydrogen-bond acceptors (Lipinski definition) is 4. The number of hydrogen-bond donors (Lipinski definition) is 4. The lowest BCUT2D eigenvalue weighted by Crippen LogP contribution is -2.54. The second kappa shape index (κ2) is 8.86. The lowest BCUT2D eigenvalue weighted by molar-refractivity contribution is -0.139. The molecular weight excluding hydrogens is 298 g/mol. The molecule has 0 spiro atoms. The van der Waals surface area contributed by atoms with Gasteiger partial charge in [0.05, 0.1) is 5.92 Å². The number of aliphatic carboxylic acids is 1. The van der Waals surface area contributed by atoms with Gasteiger partial charge in [-0.15, -0.1) is 0 Å². The Labute approximate surface area is 137 Å². The summed E-state index contributed by atoms with van der Waals surface area (Å²) in [6.07, 6.45) is 2.92. The van der Waals surface area contributed by atoms with Crippen molar-refractivity contribution in [3.63, 3.8) is 0 Å². The summed E-state index contributed by atoms with van der Waals surface area (Å²) in [5.74, 6) is -1.37. The van der Waals surface area contributed by atoms with E-state index in [1.807, 2.05) is 0 Å². The van der Waals surface area contributed by atoms with Gasteiger partial charge < -0.3 is 15.7 Å². The van der Waals surface area contributed by atoms with Crippen LogP contribution in [-0.4, -0.2) is 48.1 Å². The first-order valence-electron chi connectivity index (χ1n) is 8.31. The van der Waals surface area contributed by atoms with Gasteiger partial charge in [-0.05, 0) is 18.8 Å². The van der Waals surface area contributed by atoms with Crippen LogP contribution in [0.2, 0.25) is 0 Å². The van der Waals surface area contributed by atoms with Crippen LogP contribution in [0, 0.1) is 11.8 Å². The molecule has 1 heterocycles. The predicted molar refractivity (Wildman–Crippen MR) is 86.8 cm³/mol. The summed E-state index contributed by atoms with van der Waals surface area (Å²) in [7, 11) is 1.54. The highest BCUT2D eigenvalue weighted by Gasteiger charge is 2.45. The number of carbonyl (C=O) groups is 3. The van der Waals surface area contributed by atoms with Crippen LogP contribution in [0.15, 0.2) is 0 Å². The van der Waals surface area contributed by atoms with E-state index < -0.39 is 17.9 Å². The van der Waals surface area contributed by atoms with E-state index in [0.717, 1.165) is 19.3 Å². The molecule has 0 aliphatic carbocycles. The van der Waals surface area contributed by atoms with Crippen molar-refractivity contribution < 1.29 is 19.5 Å². The zero-order chi connectivity index (χ0) is 17.6. The van der Waals surface area contributed by atoms with Crippen LogP contribution in [0.5, 0.6) is 0 Å². The molecular formula is C16H29N3O4. The molecule has 4 N–H and O–H groups in total. The molecule has 1 aliphatic heterocycles. The van der Waals surface area contributed by atoms with Crippen molar-refractivity contribution >= 4 is 17.8 Å². The van der Waals surface area contributed by atoms with Crippen LogP contribution in [0.4, 0.5) is 0 Å². The molecule has 2 amide bonds. The van der Waals surface area contributed by atoms with Crippen LogP contribution >= 0.6 is 0 Å². The molecule has 0 aromatic rings. The molecule has 0 saturated carbocycles. The molecule has 0 aromatic carbocycles. The first kappa shape index (κ1) is 19.4. The Hall–Kier alpha value is -1.63. The minimum atomic E-state index is -0.967. The summed E-state index contributed by atoms with van der Waals surface area (Å²) < 4.78 is 0. The fourth-order valence-electron chi connectivity index (χ4n) is 3.38. The Morgan fingerprint density at radius 2 is 1.87 bits per heavy atom. The second-order valence-electron chi connectivity index (χ2n) is 6.26. The van der Waals surface area contributed by atoms with Gasteiger partial charge in [-0.3, -0.25) is 19.7 Å². The summed E-state index contributed by atoms with van der Waals surface area (Å²) in [5.41, 5.74) is 0. The fraction of sp³-hybridized carbons (Fsp3) is 0.812. The van der Waals surface area contributed by atoms with E-state index in [-0.39, 0.29) is 30.3 Å². The standard InChI is InChI=1S/C16H29N3O4/c1-5-10(6-2)7-12(18-9(3)20)14-11(15(21)17-4)8-13(19-14)16(22)23/h10-14,19H,5-8H2,1-4H3,(H,17,21)(H,18,20)(H,22,23)/t11-,12+,13-,14-/m1/s1. The maximum Gasteiger partial charge on any atom is 0.320 e. The van der Waals surface area contributed by atoms with Crippen LogP contribution in [0.1, 0.15) is 46.5 Å². The zero-order valence-electron chi connectivity index (χ0n) is 14.4. The zero-order valence-corrected chi connectivity index (χ0v) is 14.4. The number of rotatable bonds is 8. The smallest absolute Gasteiger partial charge is 0.320 e. The minimum Gasteiger partial charge on any atom is -0.480 e. The minimum absolute atomic E-state index is 0.169. The van der Waals surface area contributed by atoms with E-state index in [9.17, 15) is 19.5 Å². The molecule has 0 radical (unpaired) electrons. The summed E-state index contributed by atoms with van der Waals surface area (Å²) >= 11 is 0. The molecule has 1 saturated heterocycles. The first-order chi connectivity index (χ1) is 10.8. The molecule has 7 heteroatoms. The van der Waals surface area contributed by atoms with Crippen molar-refractivity contribution in [3.8, 4) is 0 Å². The molecule has 1 fully saturated rings. The molecule has 0 bridgehead atoms. The first-order valence-corrected chi connectivity index (χ1v) is 8.31. The predicted octanol–water partition coefficient (Wildman–Crippen LogP) is 0.495. The second-order valence-corrected chi connectivity index (χ2v) is 6.26. The van der Waals surface area contributed by atoms with E-state index in [2.05, 4.69) is 29.8 Å². The van der Waals surface area contributed by atoms with Crippen LogP contribution < -0.4 is 16.0 Å². The molecule has 4 atom stereocenters. The van der Waals surface area contributed by atoms with Gasteiger partial charge in [-0.2, -0.15) is 0 Å². The third-order valence-electron chi connectivity index (χ3n) is 4.76. The van der Waals surface area contributed by atoms with Gasteiger partial charge in [0.15, 0.2) is 0 Å². The summed E-state index contributed by atoms with van der Waals surface area (Å²) in [6, 6.07) is -1.40. The van der Waals surface area contributed by atoms with Crippen LogP contribution in [0.3, 0.4) is 0 Å². The van der Waals surface area contributed by atoms with Gasteiger partial charge in [-0.25, -0.2) is 0 Å². The van der Waals surface area contributed by atoms with E-state index in [0.29, 0.717) is 5.92 Å². The van der Waals surface area contributed by atoms with Crippen molar-refractivity contribution in [1.82, 2.24) is 16.0 Å². The van der Waals surface area contributed by atoms with Crippen molar-refractivity contribution in [3.05, 3.63) is 0 Å². The average molecular weight is 327 g/mol. The number of carboxylic acid groups (broad SMARTS) is 1. The molecule has 0 aromatic heterocycles. The van der Waals surface area contributed by atoms with Gasteiger partial charge in [0, 0.05) is 26.1 Å². The average Bonchev–Trinajstić information content (AvgIpc) is 2.95. The summed E-state index contributed by atoms with van der Waals surface area (Å²) in [6.45, 7) is 5.63. The number of carboxylic acids is 1. The van der Waals surface area contributed by atoms with Gasteiger partial charge in [0.2, 0.25) is 11.8 Å². The van der Waals surface area contributed by atoms with E-state index >= 15 is 0 Å². The molecule has 1 aliphatic rings. The molecule has 132 valence electrons. The third kappa shape index (κ3) is 5.20. The molecule has 7 nitrogen and oxygen atoms in total. The number of nitrogens with one attached hydrogen (secondary N) is 3. The molecule has 1 rings (SSSR count). The van der Waals surface area contributed by atoms with Crippen molar-refractivity contribution in [1.29, 1.82) is 0 Å². The third-order valence-corrected chi connectivity index (χ3v) is 4.76. The number of amides is 2. The SMILES string of the molecule is CCC(CC)C[C@H](NC(C)=O)[C@@H]1N[C@@H](C(=O)O)C[C@H]1C(=O)NC. The molecule has 23 heavy (non-hydrogen) atoms. The van der Waals surface area contributed by atoms with Crippen LogP contribution in [-0.2, 0) is 14.4 Å². The Kier molecular flexibility index (Phi) is 7.48. The largest absolute Gasteiger partial charge is 0.480 e. The lowest BCUT2D eigenvalue weighted by Gasteiger charge is -2.31. The Balaban J connectivity index is 3.00. The van der Waals surface area contributed by atoms with Crippen molar-refractivity contribution in [2.45, 2.75) is 64.6 Å². The Morgan fingerprint density at radius 3 is 2.30 bits per heavy atom. The van der Waals surface area contributed by atoms with Gasteiger partial charge >= 0.3 is 5.97 Å². The van der Waals surface area contributed by atoms with Gasteiger partial charge in [0.25, 0.3) is 0 Å². The fourth-order valence-corrected chi connectivity index (χ4v) is 3.38. The monoisotopic (exact) mass is 327 g/mol. The quantitative estimate of drug-likeness (QED) is 0.519. The van der Waals surface area contributed by atoms with E-state index in [1.165, 1.54) is 6.92 Å². The van der Waals surface area contributed by atoms with Crippen LogP contribution in [0.25, 0.3) is 0 Å². The number of carbonyl (C=O) groups excluding carboxylic acids is 2. The lowest BCUT2D eigenvalue weighted by atomic mass is 9.85. The maximum absolute atomic E-state index is 12.2. The van der Waals surface area contributed by atoms with Crippen molar-refractivity contribution in [2.75, 3.05) is 7.05 Å². The summed E-state index contributed by atoms with van der Waals surface area (Å²) in [4.78, 5) is 35.0. The van der Waals surface area contributed by atoms with Gasteiger partial charge in [0.1, 0.15) is 6.04 Å². The normalized spacial score (nSPS) is 25.2. The highest BCUT2D eigenvalue weighted by atomic mass is 16.4. The highest BCUT2D eigenvalue weighted by Crippen LogP contribution is 2.27. The van der Waals surface area contributed by atoms with E-state index in [4.69, 9.17) is 0 Å². The highest BCUT2D eigenvalue weighted by molar-refractivity contribution is 5.83. The Bertz CT molecular complexity index is 437. The van der Waals surface area contributed by atoms with E-state index in [1.54, 1.807) is 7.05 Å². The topological polar surface area (TPSA) is 108 Å². The summed E-state index contributed by atoms with van der Waals surface area (Å²) in [5, 5.41) is 17.8. The Morgan fingerprint density at radius 1 is 1.26 bits per heavy atom. The van der Waals surface area contributed by atoms with Crippen molar-refractivity contribution in [2.24, 2.45) is 11.8 Å². The van der Waals surface area contributed by atoms with Gasteiger partial charge in [-0.1, -0.05) is 26.7 Å².